The van der Waals surface area contributed by atoms with Gasteiger partial charge in [-0.25, -0.2) is 9.78 Å². The van der Waals surface area contributed by atoms with E-state index in [0.717, 1.165) is 0 Å². The van der Waals surface area contributed by atoms with Gasteiger partial charge in [-0.05, 0) is 39.5 Å². The van der Waals surface area contributed by atoms with Crippen molar-refractivity contribution >= 4 is 22.7 Å². The van der Waals surface area contributed by atoms with Gasteiger partial charge in [-0.15, -0.1) is 0 Å². The molecule has 0 radical (unpaired) electrons. The number of carbonyl (C=O) groups excluding carboxylic acids is 2. The summed E-state index contributed by atoms with van der Waals surface area (Å²) in [4.78, 5) is 51.9. The maximum atomic E-state index is 12.8. The van der Waals surface area contributed by atoms with Crippen LogP contribution in [0.3, 0.4) is 0 Å². The van der Waals surface area contributed by atoms with Crippen molar-refractivity contribution in [3.63, 3.8) is 0 Å². The maximum Gasteiger partial charge on any atom is 0.332 e. The lowest BCUT2D eigenvalue weighted by Gasteiger charge is -2.11. The summed E-state index contributed by atoms with van der Waals surface area (Å²) < 4.78 is 4.37. The summed E-state index contributed by atoms with van der Waals surface area (Å²) in [5, 5.41) is 0. The Balaban J connectivity index is 2.31. The minimum Gasteiger partial charge on any atom is -0.328 e. The van der Waals surface area contributed by atoms with Crippen molar-refractivity contribution in [2.45, 2.75) is 65.5 Å². The molecule has 0 saturated heterocycles. The molecule has 0 spiro atoms. The number of imidazole rings is 1. The van der Waals surface area contributed by atoms with Gasteiger partial charge in [-0.3, -0.25) is 13.9 Å². The van der Waals surface area contributed by atoms with Gasteiger partial charge >= 0.3 is 5.69 Å². The predicted octanol–water partition coefficient (Wildman–Crippen LogP) is 1.42. The van der Waals surface area contributed by atoms with Gasteiger partial charge in [0, 0.05) is 33.0 Å². The second-order valence-electron chi connectivity index (χ2n) is 6.74. The molecule has 0 N–H and O–H groups in total. The van der Waals surface area contributed by atoms with Crippen molar-refractivity contribution in [3.05, 3.63) is 27.2 Å². The molecule has 2 aromatic rings. The quantitative estimate of drug-likeness (QED) is 0.596. The molecule has 0 amide bonds. The van der Waals surface area contributed by atoms with Crippen LogP contribution in [-0.4, -0.2) is 30.3 Å². The van der Waals surface area contributed by atoms with Crippen molar-refractivity contribution in [2.24, 2.45) is 7.05 Å². The Hall–Kier alpha value is -2.51. The topological polar surface area (TPSA) is 96.0 Å². The number of aryl methyl sites for hydroxylation is 2. The molecule has 0 unspecified atom stereocenters. The zero-order valence-electron chi connectivity index (χ0n) is 15.7. The number of nitrogens with zero attached hydrogens (tertiary/aromatic N) is 4. The van der Waals surface area contributed by atoms with Gasteiger partial charge in [0.25, 0.3) is 5.56 Å². The molecule has 0 bridgehead atoms. The SMILES string of the molecule is CC(=O)CCCCn1c(=O)c2c(ncn2C)n(CCCCC(C)=O)c1=O. The van der Waals surface area contributed by atoms with Crippen LogP contribution in [0.15, 0.2) is 15.9 Å². The summed E-state index contributed by atoms with van der Waals surface area (Å²) in [6.45, 7) is 3.76. The highest BCUT2D eigenvalue weighted by molar-refractivity contribution is 5.75. The minimum atomic E-state index is -0.383. The first-order valence-corrected chi connectivity index (χ1v) is 8.96. The highest BCUT2D eigenvalue weighted by Crippen LogP contribution is 2.08. The molecule has 2 heterocycles. The van der Waals surface area contributed by atoms with Crippen LogP contribution in [0, 0.1) is 0 Å². The first-order chi connectivity index (χ1) is 12.3. The summed E-state index contributed by atoms with van der Waals surface area (Å²) in [5.74, 6) is 0.220. The Kier molecular flexibility index (Phi) is 6.65. The summed E-state index contributed by atoms with van der Waals surface area (Å²) in [5.41, 5.74) is 0.0349. The maximum absolute atomic E-state index is 12.8. The number of ketones is 2. The highest BCUT2D eigenvalue weighted by atomic mass is 16.2. The zero-order valence-corrected chi connectivity index (χ0v) is 15.7. The molecule has 8 nitrogen and oxygen atoms in total. The van der Waals surface area contributed by atoms with Crippen molar-refractivity contribution in [3.8, 4) is 0 Å². The Labute approximate surface area is 151 Å². The van der Waals surface area contributed by atoms with Crippen LogP contribution in [0.5, 0.6) is 0 Å². The average Bonchev–Trinajstić information content (AvgIpc) is 2.94. The van der Waals surface area contributed by atoms with E-state index in [-0.39, 0.29) is 29.4 Å². The Morgan fingerprint density at radius 3 is 2.00 bits per heavy atom. The first kappa shape index (κ1) is 19.8. The molecule has 2 rings (SSSR count). The number of fused-ring (bicyclic) bond motifs is 1. The van der Waals surface area contributed by atoms with Crippen LogP contribution in [0.1, 0.15) is 52.4 Å². The molecule has 0 saturated carbocycles. The molecule has 0 fully saturated rings. The third kappa shape index (κ3) is 4.56. The number of hydrogen-bond acceptors (Lipinski definition) is 5. The second-order valence-corrected chi connectivity index (χ2v) is 6.74. The van der Waals surface area contributed by atoms with Gasteiger partial charge < -0.3 is 14.2 Å². The number of hydrogen-bond donors (Lipinski definition) is 0. The smallest absolute Gasteiger partial charge is 0.328 e. The van der Waals surface area contributed by atoms with E-state index in [1.165, 1.54) is 22.4 Å². The van der Waals surface area contributed by atoms with Crippen LogP contribution in [0.2, 0.25) is 0 Å². The summed E-state index contributed by atoms with van der Waals surface area (Å²) >= 11 is 0. The van der Waals surface area contributed by atoms with E-state index in [9.17, 15) is 19.2 Å². The molecule has 2 aromatic heterocycles. The lowest BCUT2D eigenvalue weighted by atomic mass is 10.2. The summed E-state index contributed by atoms with van der Waals surface area (Å²) in [6, 6.07) is 0. The molecule has 8 heteroatoms. The van der Waals surface area contributed by atoms with Crippen molar-refractivity contribution < 1.29 is 9.59 Å². The van der Waals surface area contributed by atoms with E-state index < -0.39 is 0 Å². The summed E-state index contributed by atoms with van der Waals surface area (Å²) in [7, 11) is 1.72. The second kappa shape index (κ2) is 8.73. The van der Waals surface area contributed by atoms with Crippen LogP contribution >= 0.6 is 0 Å². The van der Waals surface area contributed by atoms with Crippen LogP contribution in [-0.2, 0) is 29.7 Å². The largest absolute Gasteiger partial charge is 0.332 e. The van der Waals surface area contributed by atoms with E-state index in [0.29, 0.717) is 56.2 Å². The zero-order chi connectivity index (χ0) is 19.3. The van der Waals surface area contributed by atoms with E-state index >= 15 is 0 Å². The Morgan fingerprint density at radius 2 is 1.46 bits per heavy atom. The van der Waals surface area contributed by atoms with Crippen molar-refractivity contribution in [2.75, 3.05) is 0 Å². The molecular formula is C18H26N4O4. The highest BCUT2D eigenvalue weighted by Gasteiger charge is 2.16. The van der Waals surface area contributed by atoms with Gasteiger partial charge in [0.1, 0.15) is 11.6 Å². The lowest BCUT2D eigenvalue weighted by Crippen LogP contribution is -2.40. The van der Waals surface area contributed by atoms with Gasteiger partial charge in [-0.1, -0.05) is 0 Å². The van der Waals surface area contributed by atoms with Crippen molar-refractivity contribution in [1.29, 1.82) is 0 Å². The molecule has 0 atom stereocenters. The van der Waals surface area contributed by atoms with Crippen LogP contribution < -0.4 is 11.2 Å². The van der Waals surface area contributed by atoms with Crippen LogP contribution in [0.4, 0.5) is 0 Å². The number of rotatable bonds is 10. The van der Waals surface area contributed by atoms with Gasteiger partial charge in [0.2, 0.25) is 0 Å². The van der Waals surface area contributed by atoms with E-state index in [2.05, 4.69) is 4.98 Å². The lowest BCUT2D eigenvalue weighted by molar-refractivity contribution is -0.117. The molecular weight excluding hydrogens is 336 g/mol. The third-order valence-electron chi connectivity index (χ3n) is 4.40. The van der Waals surface area contributed by atoms with E-state index in [1.54, 1.807) is 18.5 Å². The van der Waals surface area contributed by atoms with E-state index in [4.69, 9.17) is 0 Å². The van der Waals surface area contributed by atoms with Gasteiger partial charge in [0.05, 0.1) is 6.33 Å². The number of Topliss-reactive ketones (excluding diaryl/α,β-unsaturated/α-hetero) is 2. The van der Waals surface area contributed by atoms with E-state index in [1.807, 2.05) is 0 Å². The third-order valence-corrected chi connectivity index (χ3v) is 4.40. The summed E-state index contributed by atoms with van der Waals surface area (Å²) in [6.07, 6.45) is 5.03. The normalized spacial score (nSPS) is 11.2. The first-order valence-electron chi connectivity index (χ1n) is 8.96. The van der Waals surface area contributed by atoms with Crippen LogP contribution in [0.25, 0.3) is 11.2 Å². The fourth-order valence-corrected chi connectivity index (χ4v) is 3.00. The fourth-order valence-electron chi connectivity index (χ4n) is 3.00. The number of aromatic nitrogens is 4. The van der Waals surface area contributed by atoms with Gasteiger partial charge in [0.15, 0.2) is 11.2 Å². The molecule has 0 aliphatic rings. The fraction of sp³-hybridized carbons (Fsp3) is 0.611. The predicted molar refractivity (Wildman–Crippen MR) is 98.3 cm³/mol. The van der Waals surface area contributed by atoms with Crippen molar-refractivity contribution in [1.82, 2.24) is 18.7 Å². The number of carbonyl (C=O) groups is 2. The standard InChI is InChI=1S/C18H26N4O4/c1-13(23)8-4-6-10-21-16-15(20(3)12-19-16)17(25)22(18(21)26)11-7-5-9-14(2)24/h12H,4-11H2,1-3H3. The molecule has 142 valence electrons. The Bertz CT molecular complexity index is 920. The van der Waals surface area contributed by atoms with Gasteiger partial charge in [-0.2, -0.15) is 0 Å². The molecule has 0 aliphatic heterocycles. The average molecular weight is 362 g/mol. The molecule has 26 heavy (non-hydrogen) atoms. The minimum absolute atomic E-state index is 0.0994. The Morgan fingerprint density at radius 1 is 0.923 bits per heavy atom. The monoisotopic (exact) mass is 362 g/mol. The number of unbranched alkanes of at least 4 members (excludes halogenated alkanes) is 2. The molecule has 0 aromatic carbocycles. The molecule has 0 aliphatic carbocycles.